The van der Waals surface area contributed by atoms with E-state index in [0.717, 1.165) is 17.8 Å². The maximum atomic E-state index is 12.8. The highest BCUT2D eigenvalue weighted by Crippen LogP contribution is 2.06. The van der Waals surface area contributed by atoms with Crippen LogP contribution in [0.5, 0.6) is 0 Å². The fraction of sp³-hybridized carbons (Fsp3) is 0.294. The molecule has 0 radical (unpaired) electrons. The summed E-state index contributed by atoms with van der Waals surface area (Å²) in [6, 6.07) is 11.8. The Balaban J connectivity index is 1.89. The van der Waals surface area contributed by atoms with Crippen LogP contribution in [0.4, 0.5) is 4.39 Å². The Kier molecular flexibility index (Phi) is 5.58. The topological polar surface area (TPSA) is 33.2 Å². The molecule has 0 fully saturated rings. The minimum Gasteiger partial charge on any atom is -0.298 e. The summed E-state index contributed by atoms with van der Waals surface area (Å²) in [6.45, 7) is 3.84. The van der Waals surface area contributed by atoms with Gasteiger partial charge in [0.15, 0.2) is 5.78 Å². The average Bonchev–Trinajstić information content (AvgIpc) is 2.50. The molecule has 2 aromatic rings. The molecule has 0 aliphatic heterocycles. The molecule has 1 aromatic heterocycles. The number of Topliss-reactive ketones (excluding diaryl/α,β-unsaturated/α-hetero) is 1. The number of likely N-dealkylation sites (N-methyl/N-ethyl adjacent to an activating group) is 1. The Hall–Kier alpha value is -2.07. The smallest absolute Gasteiger partial charge is 0.151 e. The number of carbonyl (C=O) groups excluding carboxylic acids is 1. The third-order valence-electron chi connectivity index (χ3n) is 3.27. The number of rotatable bonds is 7. The van der Waals surface area contributed by atoms with Gasteiger partial charge in [-0.15, -0.1) is 0 Å². The van der Waals surface area contributed by atoms with E-state index >= 15 is 0 Å². The Morgan fingerprint density at radius 3 is 2.57 bits per heavy atom. The number of nitrogens with zero attached hydrogens (tertiary/aromatic N) is 2. The maximum absolute atomic E-state index is 12.8. The highest BCUT2D eigenvalue weighted by Gasteiger charge is 2.11. The summed E-state index contributed by atoms with van der Waals surface area (Å²) in [4.78, 5) is 18.4. The van der Waals surface area contributed by atoms with Crippen molar-refractivity contribution in [2.75, 3.05) is 13.1 Å². The molecule has 0 aliphatic rings. The number of carbonyl (C=O) groups is 1. The standard InChI is InChI=1S/C17H19FN2O/c1-2-20(12-16-5-3-4-10-19-16)13-17(21)11-14-6-8-15(18)9-7-14/h3-10H,2,11-13H2,1H3. The fourth-order valence-corrected chi connectivity index (χ4v) is 2.14. The van der Waals surface area contributed by atoms with Crippen molar-refractivity contribution in [1.82, 2.24) is 9.88 Å². The normalized spacial score (nSPS) is 10.8. The predicted octanol–water partition coefficient (Wildman–Crippen LogP) is 2.85. The van der Waals surface area contributed by atoms with Gasteiger partial charge < -0.3 is 0 Å². The zero-order chi connectivity index (χ0) is 15.1. The van der Waals surface area contributed by atoms with E-state index in [9.17, 15) is 9.18 Å². The van der Waals surface area contributed by atoms with Crippen molar-refractivity contribution in [2.45, 2.75) is 19.9 Å². The molecule has 1 heterocycles. The first-order valence-corrected chi connectivity index (χ1v) is 7.05. The Bertz CT molecular complexity index is 569. The molecular formula is C17H19FN2O. The second-order valence-electron chi connectivity index (χ2n) is 4.97. The lowest BCUT2D eigenvalue weighted by molar-refractivity contribution is -0.119. The first-order valence-electron chi connectivity index (χ1n) is 7.05. The predicted molar refractivity (Wildman–Crippen MR) is 80.3 cm³/mol. The number of halogens is 1. The van der Waals surface area contributed by atoms with Gasteiger partial charge in [-0.3, -0.25) is 14.7 Å². The molecule has 0 spiro atoms. The average molecular weight is 286 g/mol. The molecule has 0 bridgehead atoms. The van der Waals surface area contributed by atoms with Crippen LogP contribution >= 0.6 is 0 Å². The monoisotopic (exact) mass is 286 g/mol. The summed E-state index contributed by atoms with van der Waals surface area (Å²) in [5, 5.41) is 0. The summed E-state index contributed by atoms with van der Waals surface area (Å²) in [6.07, 6.45) is 2.09. The SMILES string of the molecule is CCN(CC(=O)Cc1ccc(F)cc1)Cc1ccccn1. The van der Waals surface area contributed by atoms with E-state index in [2.05, 4.69) is 4.98 Å². The van der Waals surface area contributed by atoms with Crippen LogP contribution in [-0.2, 0) is 17.8 Å². The maximum Gasteiger partial charge on any atom is 0.151 e. The van der Waals surface area contributed by atoms with Gasteiger partial charge in [0.1, 0.15) is 5.82 Å². The highest BCUT2D eigenvalue weighted by molar-refractivity contribution is 5.82. The lowest BCUT2D eigenvalue weighted by Crippen LogP contribution is -2.30. The van der Waals surface area contributed by atoms with Crippen LogP contribution in [0, 0.1) is 5.82 Å². The lowest BCUT2D eigenvalue weighted by atomic mass is 10.1. The van der Waals surface area contributed by atoms with Gasteiger partial charge in [-0.1, -0.05) is 25.1 Å². The summed E-state index contributed by atoms with van der Waals surface area (Å²) < 4.78 is 12.8. The molecule has 0 amide bonds. The summed E-state index contributed by atoms with van der Waals surface area (Å²) in [5.41, 5.74) is 1.80. The van der Waals surface area contributed by atoms with E-state index in [-0.39, 0.29) is 11.6 Å². The number of benzene rings is 1. The van der Waals surface area contributed by atoms with Crippen molar-refractivity contribution in [2.24, 2.45) is 0 Å². The Morgan fingerprint density at radius 2 is 1.95 bits per heavy atom. The number of pyridine rings is 1. The van der Waals surface area contributed by atoms with Crippen LogP contribution in [0.15, 0.2) is 48.7 Å². The lowest BCUT2D eigenvalue weighted by Gasteiger charge is -2.19. The molecule has 0 atom stereocenters. The van der Waals surface area contributed by atoms with Gasteiger partial charge in [0.05, 0.1) is 12.2 Å². The molecule has 0 aliphatic carbocycles. The van der Waals surface area contributed by atoms with Crippen molar-refractivity contribution in [3.63, 3.8) is 0 Å². The van der Waals surface area contributed by atoms with Crippen LogP contribution in [0.1, 0.15) is 18.2 Å². The van der Waals surface area contributed by atoms with E-state index < -0.39 is 0 Å². The molecule has 2 rings (SSSR count). The number of aromatic nitrogens is 1. The molecule has 21 heavy (non-hydrogen) atoms. The summed E-state index contributed by atoms with van der Waals surface area (Å²) >= 11 is 0. The highest BCUT2D eigenvalue weighted by atomic mass is 19.1. The van der Waals surface area contributed by atoms with Crippen LogP contribution in [0.3, 0.4) is 0 Å². The van der Waals surface area contributed by atoms with Gasteiger partial charge >= 0.3 is 0 Å². The largest absolute Gasteiger partial charge is 0.298 e. The van der Waals surface area contributed by atoms with Crippen LogP contribution in [0.2, 0.25) is 0 Å². The third-order valence-corrected chi connectivity index (χ3v) is 3.27. The van der Waals surface area contributed by atoms with Crippen molar-refractivity contribution >= 4 is 5.78 Å². The van der Waals surface area contributed by atoms with E-state index in [1.807, 2.05) is 30.0 Å². The second-order valence-corrected chi connectivity index (χ2v) is 4.97. The minimum atomic E-state index is -0.281. The van der Waals surface area contributed by atoms with Gasteiger partial charge in [-0.2, -0.15) is 0 Å². The van der Waals surface area contributed by atoms with Crippen LogP contribution in [0.25, 0.3) is 0 Å². The zero-order valence-electron chi connectivity index (χ0n) is 12.1. The van der Waals surface area contributed by atoms with E-state index in [1.54, 1.807) is 18.3 Å². The molecule has 0 unspecified atom stereocenters. The molecule has 110 valence electrons. The first kappa shape index (κ1) is 15.3. The summed E-state index contributed by atoms with van der Waals surface area (Å²) in [5.74, 6) is -0.157. The number of hydrogen-bond acceptors (Lipinski definition) is 3. The van der Waals surface area contributed by atoms with Gasteiger partial charge in [-0.25, -0.2) is 4.39 Å². The molecular weight excluding hydrogens is 267 g/mol. The van der Waals surface area contributed by atoms with E-state index in [0.29, 0.717) is 19.5 Å². The van der Waals surface area contributed by atoms with Gasteiger partial charge in [0, 0.05) is 19.2 Å². The molecule has 0 saturated heterocycles. The van der Waals surface area contributed by atoms with E-state index in [1.165, 1.54) is 12.1 Å². The number of hydrogen-bond donors (Lipinski definition) is 0. The Labute approximate surface area is 124 Å². The molecule has 1 aromatic carbocycles. The first-order chi connectivity index (χ1) is 10.2. The van der Waals surface area contributed by atoms with Crippen molar-refractivity contribution in [1.29, 1.82) is 0 Å². The molecule has 3 nitrogen and oxygen atoms in total. The van der Waals surface area contributed by atoms with Crippen molar-refractivity contribution in [3.05, 3.63) is 65.7 Å². The zero-order valence-corrected chi connectivity index (χ0v) is 12.1. The minimum absolute atomic E-state index is 0.124. The van der Waals surface area contributed by atoms with Crippen molar-refractivity contribution < 1.29 is 9.18 Å². The van der Waals surface area contributed by atoms with Gasteiger partial charge in [0.25, 0.3) is 0 Å². The van der Waals surface area contributed by atoms with Gasteiger partial charge in [-0.05, 0) is 36.4 Å². The molecule has 0 N–H and O–H groups in total. The fourth-order valence-electron chi connectivity index (χ4n) is 2.14. The Morgan fingerprint density at radius 1 is 1.19 bits per heavy atom. The van der Waals surface area contributed by atoms with Gasteiger partial charge in [0.2, 0.25) is 0 Å². The molecule has 0 saturated carbocycles. The third kappa shape index (κ3) is 5.08. The van der Waals surface area contributed by atoms with E-state index in [4.69, 9.17) is 0 Å². The quantitative estimate of drug-likeness (QED) is 0.784. The second kappa shape index (κ2) is 7.64. The van der Waals surface area contributed by atoms with Crippen molar-refractivity contribution in [3.8, 4) is 0 Å². The van der Waals surface area contributed by atoms with Crippen LogP contribution in [-0.4, -0.2) is 28.8 Å². The molecule has 4 heteroatoms. The summed E-state index contributed by atoms with van der Waals surface area (Å²) in [7, 11) is 0. The van der Waals surface area contributed by atoms with Crippen LogP contribution < -0.4 is 0 Å². The number of ketones is 1.